The van der Waals surface area contributed by atoms with Crippen LogP contribution in [-0.2, 0) is 4.79 Å². The molecule has 0 aromatic heterocycles. The third kappa shape index (κ3) is 5.15. The Hall–Kier alpha value is -1.71. The van der Waals surface area contributed by atoms with Gasteiger partial charge in [-0.05, 0) is 55.0 Å². The minimum Gasteiger partial charge on any atom is -0.457 e. The van der Waals surface area contributed by atoms with Crippen LogP contribution < -0.4 is 9.64 Å². The summed E-state index contributed by atoms with van der Waals surface area (Å²) < 4.78 is 5.75. The van der Waals surface area contributed by atoms with E-state index in [9.17, 15) is 4.79 Å². The second kappa shape index (κ2) is 8.80. The van der Waals surface area contributed by atoms with Gasteiger partial charge in [0.2, 0.25) is 5.91 Å². The number of ether oxygens (including phenoxy) is 1. The maximum Gasteiger partial charge on any atom is 0.241 e. The standard InChI is InChI=1S/C18H19Cl2NO2/c1-2-3-12-21(18(22)13-19)15-6-10-17(11-7-15)23-16-8-4-14(20)5-9-16/h4-11H,2-3,12-13H2,1H3. The molecule has 0 spiro atoms. The third-order valence-electron chi connectivity index (χ3n) is 3.35. The number of nitrogens with zero attached hydrogens (tertiary/aromatic N) is 1. The van der Waals surface area contributed by atoms with Crippen LogP contribution in [0.3, 0.4) is 0 Å². The van der Waals surface area contributed by atoms with Crippen molar-refractivity contribution in [1.82, 2.24) is 0 Å². The highest BCUT2D eigenvalue weighted by Gasteiger charge is 2.14. The first kappa shape index (κ1) is 17.6. The summed E-state index contributed by atoms with van der Waals surface area (Å²) in [5, 5.41) is 0.666. The van der Waals surface area contributed by atoms with Gasteiger partial charge in [0, 0.05) is 17.3 Å². The lowest BCUT2D eigenvalue weighted by Crippen LogP contribution is -2.32. The molecule has 0 bridgehead atoms. The molecule has 23 heavy (non-hydrogen) atoms. The minimum atomic E-state index is -0.0912. The van der Waals surface area contributed by atoms with Gasteiger partial charge in [-0.1, -0.05) is 24.9 Å². The van der Waals surface area contributed by atoms with Crippen molar-refractivity contribution in [2.45, 2.75) is 19.8 Å². The number of anilines is 1. The fourth-order valence-corrected chi connectivity index (χ4v) is 2.39. The summed E-state index contributed by atoms with van der Waals surface area (Å²) in [6.07, 6.45) is 1.95. The van der Waals surface area contributed by atoms with E-state index in [1.54, 1.807) is 29.2 Å². The van der Waals surface area contributed by atoms with Crippen molar-refractivity contribution < 1.29 is 9.53 Å². The van der Waals surface area contributed by atoms with Crippen molar-refractivity contribution in [3.8, 4) is 11.5 Å². The molecule has 0 saturated heterocycles. The molecule has 0 unspecified atom stereocenters. The Morgan fingerprint density at radius 2 is 1.61 bits per heavy atom. The summed E-state index contributed by atoms with van der Waals surface area (Å²) in [5.41, 5.74) is 0.826. The van der Waals surface area contributed by atoms with E-state index in [2.05, 4.69) is 6.92 Å². The monoisotopic (exact) mass is 351 g/mol. The lowest BCUT2D eigenvalue weighted by atomic mass is 10.2. The molecule has 0 heterocycles. The van der Waals surface area contributed by atoms with Gasteiger partial charge in [0.05, 0.1) is 0 Å². The zero-order valence-electron chi connectivity index (χ0n) is 13.0. The quantitative estimate of drug-likeness (QED) is 0.616. The van der Waals surface area contributed by atoms with Crippen LogP contribution in [0.1, 0.15) is 19.8 Å². The average Bonchev–Trinajstić information content (AvgIpc) is 2.58. The lowest BCUT2D eigenvalue weighted by molar-refractivity contribution is -0.116. The molecule has 0 aliphatic heterocycles. The van der Waals surface area contributed by atoms with E-state index in [1.165, 1.54) is 0 Å². The predicted octanol–water partition coefficient (Wildman–Crippen LogP) is 5.50. The highest BCUT2D eigenvalue weighted by atomic mass is 35.5. The van der Waals surface area contributed by atoms with Crippen LogP contribution in [0.4, 0.5) is 5.69 Å². The molecule has 122 valence electrons. The summed E-state index contributed by atoms with van der Waals surface area (Å²) in [4.78, 5) is 13.7. The van der Waals surface area contributed by atoms with Gasteiger partial charge in [-0.15, -0.1) is 11.6 Å². The van der Waals surface area contributed by atoms with Gasteiger partial charge in [-0.25, -0.2) is 0 Å². The van der Waals surface area contributed by atoms with Crippen LogP contribution >= 0.6 is 23.2 Å². The second-order valence-electron chi connectivity index (χ2n) is 5.08. The molecule has 0 fully saturated rings. The first-order valence-electron chi connectivity index (χ1n) is 7.54. The maximum absolute atomic E-state index is 12.0. The van der Waals surface area contributed by atoms with E-state index < -0.39 is 0 Å². The molecule has 2 aromatic carbocycles. The van der Waals surface area contributed by atoms with Gasteiger partial charge in [-0.2, -0.15) is 0 Å². The van der Waals surface area contributed by atoms with Gasteiger partial charge >= 0.3 is 0 Å². The zero-order valence-corrected chi connectivity index (χ0v) is 14.5. The van der Waals surface area contributed by atoms with Crippen molar-refractivity contribution in [2.24, 2.45) is 0 Å². The maximum atomic E-state index is 12.0. The number of carbonyl (C=O) groups is 1. The Labute approximate surface area is 146 Å². The average molecular weight is 352 g/mol. The molecule has 2 aromatic rings. The Balaban J connectivity index is 2.10. The number of benzene rings is 2. The van der Waals surface area contributed by atoms with E-state index in [0.717, 1.165) is 18.5 Å². The topological polar surface area (TPSA) is 29.5 Å². The van der Waals surface area contributed by atoms with Crippen LogP contribution in [0.5, 0.6) is 11.5 Å². The Morgan fingerprint density at radius 1 is 1.04 bits per heavy atom. The summed E-state index contributed by atoms with van der Waals surface area (Å²) >= 11 is 11.6. The first-order valence-corrected chi connectivity index (χ1v) is 8.45. The Morgan fingerprint density at radius 3 is 2.13 bits per heavy atom. The number of rotatable bonds is 7. The normalized spacial score (nSPS) is 10.4. The van der Waals surface area contributed by atoms with Crippen LogP contribution in [0, 0.1) is 0 Å². The summed E-state index contributed by atoms with van der Waals surface area (Å²) in [6, 6.07) is 14.6. The molecular formula is C18H19Cl2NO2. The van der Waals surface area contributed by atoms with E-state index in [-0.39, 0.29) is 11.8 Å². The molecule has 0 N–H and O–H groups in total. The molecule has 0 aliphatic rings. The van der Waals surface area contributed by atoms with Gasteiger partial charge < -0.3 is 9.64 Å². The molecule has 0 saturated carbocycles. The second-order valence-corrected chi connectivity index (χ2v) is 5.79. The molecular weight excluding hydrogens is 333 g/mol. The van der Waals surface area contributed by atoms with E-state index in [4.69, 9.17) is 27.9 Å². The number of hydrogen-bond acceptors (Lipinski definition) is 2. The molecule has 2 rings (SSSR count). The van der Waals surface area contributed by atoms with Crippen molar-refractivity contribution in [3.63, 3.8) is 0 Å². The minimum absolute atomic E-state index is 0.0211. The fraction of sp³-hybridized carbons (Fsp3) is 0.278. The fourth-order valence-electron chi connectivity index (χ4n) is 2.12. The highest BCUT2D eigenvalue weighted by Crippen LogP contribution is 2.26. The van der Waals surface area contributed by atoms with E-state index in [1.807, 2.05) is 24.3 Å². The SMILES string of the molecule is CCCCN(C(=O)CCl)c1ccc(Oc2ccc(Cl)cc2)cc1. The van der Waals surface area contributed by atoms with Gasteiger partial charge in [0.15, 0.2) is 0 Å². The molecule has 0 radical (unpaired) electrons. The van der Waals surface area contributed by atoms with Gasteiger partial charge in [0.1, 0.15) is 17.4 Å². The molecule has 5 heteroatoms. The number of amides is 1. The number of halogens is 2. The van der Waals surface area contributed by atoms with E-state index >= 15 is 0 Å². The van der Waals surface area contributed by atoms with E-state index in [0.29, 0.717) is 23.1 Å². The summed E-state index contributed by atoms with van der Waals surface area (Å²) in [5.74, 6) is 1.30. The summed E-state index contributed by atoms with van der Waals surface area (Å²) in [6.45, 7) is 2.76. The lowest BCUT2D eigenvalue weighted by Gasteiger charge is -2.22. The van der Waals surface area contributed by atoms with Crippen molar-refractivity contribution in [2.75, 3.05) is 17.3 Å². The third-order valence-corrected chi connectivity index (χ3v) is 3.83. The van der Waals surface area contributed by atoms with Crippen LogP contribution in [0.2, 0.25) is 5.02 Å². The Kier molecular flexibility index (Phi) is 6.75. The van der Waals surface area contributed by atoms with Gasteiger partial charge in [0.25, 0.3) is 0 Å². The first-order chi connectivity index (χ1) is 11.1. The number of carbonyl (C=O) groups excluding carboxylic acids is 1. The predicted molar refractivity (Wildman–Crippen MR) is 95.9 cm³/mol. The van der Waals surface area contributed by atoms with Crippen LogP contribution in [0.15, 0.2) is 48.5 Å². The number of unbranched alkanes of at least 4 members (excludes halogenated alkanes) is 1. The number of alkyl halides is 1. The Bertz CT molecular complexity index is 626. The summed E-state index contributed by atoms with van der Waals surface area (Å²) in [7, 11) is 0. The van der Waals surface area contributed by atoms with Crippen molar-refractivity contribution in [3.05, 3.63) is 53.6 Å². The molecule has 1 amide bonds. The molecule has 3 nitrogen and oxygen atoms in total. The number of hydrogen-bond donors (Lipinski definition) is 0. The van der Waals surface area contributed by atoms with Crippen LogP contribution in [0.25, 0.3) is 0 Å². The smallest absolute Gasteiger partial charge is 0.241 e. The molecule has 0 atom stereocenters. The largest absolute Gasteiger partial charge is 0.457 e. The highest BCUT2D eigenvalue weighted by molar-refractivity contribution is 6.30. The molecule has 0 aliphatic carbocycles. The van der Waals surface area contributed by atoms with Gasteiger partial charge in [-0.3, -0.25) is 4.79 Å². The van der Waals surface area contributed by atoms with Crippen LogP contribution in [-0.4, -0.2) is 18.3 Å². The van der Waals surface area contributed by atoms with Crippen molar-refractivity contribution >= 4 is 34.8 Å². The van der Waals surface area contributed by atoms with Crippen molar-refractivity contribution in [1.29, 1.82) is 0 Å². The zero-order chi connectivity index (χ0) is 16.7.